The zero-order valence-electron chi connectivity index (χ0n) is 12.7. The van der Waals surface area contributed by atoms with Gasteiger partial charge in [0.05, 0.1) is 17.4 Å². The van der Waals surface area contributed by atoms with Crippen LogP contribution < -0.4 is 11.1 Å². The molecule has 1 heterocycles. The Morgan fingerprint density at radius 3 is 2.90 bits per heavy atom. The van der Waals surface area contributed by atoms with E-state index >= 15 is 0 Å². The summed E-state index contributed by atoms with van der Waals surface area (Å²) in [5, 5.41) is 2.80. The Bertz CT molecular complexity index is 506. The van der Waals surface area contributed by atoms with Crippen molar-refractivity contribution in [1.82, 2.24) is 4.90 Å². The minimum atomic E-state index is -0.403. The number of nitrogens with one attached hydrogen (secondary N) is 1. The molecule has 116 valence electrons. The number of amides is 1. The molecule has 0 radical (unpaired) electrons. The second-order valence-electron chi connectivity index (χ2n) is 5.83. The van der Waals surface area contributed by atoms with Gasteiger partial charge in [-0.15, -0.1) is 0 Å². The normalized spacial score (nSPS) is 21.6. The lowest BCUT2D eigenvalue weighted by atomic mass is 10.1. The monoisotopic (exact) mass is 293 g/mol. The molecule has 1 aliphatic heterocycles. The van der Waals surface area contributed by atoms with Crippen LogP contribution in [0.25, 0.3) is 0 Å². The molecule has 3 N–H and O–H groups in total. The Morgan fingerprint density at radius 2 is 2.19 bits per heavy atom. The van der Waals surface area contributed by atoms with E-state index in [9.17, 15) is 9.18 Å². The summed E-state index contributed by atoms with van der Waals surface area (Å²) in [4.78, 5) is 14.6. The SMILES string of the molecule is CC1CCCCCN1C(C)C(=O)Nc1ccc(F)cc1N. The minimum absolute atomic E-state index is 0.0953. The summed E-state index contributed by atoms with van der Waals surface area (Å²) in [6.07, 6.45) is 4.69. The van der Waals surface area contributed by atoms with E-state index in [-0.39, 0.29) is 17.6 Å². The van der Waals surface area contributed by atoms with Crippen LogP contribution in [0.3, 0.4) is 0 Å². The van der Waals surface area contributed by atoms with Gasteiger partial charge >= 0.3 is 0 Å². The fourth-order valence-corrected chi connectivity index (χ4v) is 2.91. The Balaban J connectivity index is 2.04. The molecule has 2 unspecified atom stereocenters. The number of benzene rings is 1. The van der Waals surface area contributed by atoms with Crippen LogP contribution in [0.15, 0.2) is 18.2 Å². The third-order valence-electron chi connectivity index (χ3n) is 4.25. The number of rotatable bonds is 3. The molecule has 1 saturated heterocycles. The Labute approximate surface area is 125 Å². The van der Waals surface area contributed by atoms with E-state index in [1.165, 1.54) is 31.0 Å². The average Bonchev–Trinajstić information content (AvgIpc) is 2.65. The fourth-order valence-electron chi connectivity index (χ4n) is 2.91. The molecule has 1 fully saturated rings. The summed E-state index contributed by atoms with van der Waals surface area (Å²) in [5.41, 5.74) is 6.45. The molecular formula is C16H24FN3O. The molecule has 21 heavy (non-hydrogen) atoms. The highest BCUT2D eigenvalue weighted by atomic mass is 19.1. The molecule has 5 heteroatoms. The predicted molar refractivity (Wildman–Crippen MR) is 83.5 cm³/mol. The van der Waals surface area contributed by atoms with Crippen LogP contribution in [0.4, 0.5) is 15.8 Å². The van der Waals surface area contributed by atoms with Crippen LogP contribution in [-0.4, -0.2) is 29.4 Å². The number of likely N-dealkylation sites (tertiary alicyclic amines) is 1. The lowest BCUT2D eigenvalue weighted by Crippen LogP contribution is -2.46. The van der Waals surface area contributed by atoms with Crippen LogP contribution in [-0.2, 0) is 4.79 Å². The van der Waals surface area contributed by atoms with E-state index in [2.05, 4.69) is 17.1 Å². The number of nitrogens with zero attached hydrogens (tertiary/aromatic N) is 1. The van der Waals surface area contributed by atoms with Crippen molar-refractivity contribution in [2.45, 2.75) is 51.6 Å². The first-order valence-corrected chi connectivity index (χ1v) is 7.60. The molecule has 2 rings (SSSR count). The van der Waals surface area contributed by atoms with Crippen LogP contribution in [0, 0.1) is 5.82 Å². The first-order chi connectivity index (χ1) is 9.99. The van der Waals surface area contributed by atoms with Gasteiger partial charge in [-0.05, 0) is 51.4 Å². The number of nitrogens with two attached hydrogens (primary N) is 1. The van der Waals surface area contributed by atoms with Crippen LogP contribution in [0.1, 0.15) is 39.5 Å². The molecule has 0 aliphatic carbocycles. The lowest BCUT2D eigenvalue weighted by molar-refractivity contribution is -0.121. The van der Waals surface area contributed by atoms with E-state index in [1.807, 2.05) is 6.92 Å². The van der Waals surface area contributed by atoms with Crippen molar-refractivity contribution in [1.29, 1.82) is 0 Å². The maximum atomic E-state index is 13.0. The summed E-state index contributed by atoms with van der Waals surface area (Å²) in [7, 11) is 0. The highest BCUT2D eigenvalue weighted by Crippen LogP contribution is 2.22. The van der Waals surface area contributed by atoms with E-state index in [1.54, 1.807) is 0 Å². The van der Waals surface area contributed by atoms with Crippen molar-refractivity contribution in [2.75, 3.05) is 17.6 Å². The number of anilines is 2. The smallest absolute Gasteiger partial charge is 0.241 e. The molecule has 1 aromatic carbocycles. The van der Waals surface area contributed by atoms with Gasteiger partial charge in [-0.3, -0.25) is 9.69 Å². The molecule has 2 atom stereocenters. The molecule has 0 aromatic heterocycles. The van der Waals surface area contributed by atoms with Gasteiger partial charge in [-0.25, -0.2) is 4.39 Å². The van der Waals surface area contributed by atoms with E-state index in [0.29, 0.717) is 11.7 Å². The van der Waals surface area contributed by atoms with Gasteiger partial charge in [0.1, 0.15) is 5.82 Å². The lowest BCUT2D eigenvalue weighted by Gasteiger charge is -2.32. The first-order valence-electron chi connectivity index (χ1n) is 7.60. The minimum Gasteiger partial charge on any atom is -0.397 e. The number of carbonyl (C=O) groups excluding carboxylic acids is 1. The zero-order chi connectivity index (χ0) is 15.4. The maximum absolute atomic E-state index is 13.0. The van der Waals surface area contributed by atoms with Crippen molar-refractivity contribution in [3.63, 3.8) is 0 Å². The molecule has 4 nitrogen and oxygen atoms in total. The predicted octanol–water partition coefficient (Wildman–Crippen LogP) is 3.00. The number of hydrogen-bond donors (Lipinski definition) is 2. The molecule has 1 aromatic rings. The number of carbonyl (C=O) groups is 1. The summed E-state index contributed by atoms with van der Waals surface area (Å²) < 4.78 is 13.0. The summed E-state index contributed by atoms with van der Waals surface area (Å²) in [6.45, 7) is 5.02. The van der Waals surface area contributed by atoms with E-state index in [4.69, 9.17) is 5.73 Å². The van der Waals surface area contributed by atoms with E-state index in [0.717, 1.165) is 19.4 Å². The summed E-state index contributed by atoms with van der Waals surface area (Å²) in [6, 6.07) is 4.20. The average molecular weight is 293 g/mol. The Morgan fingerprint density at radius 1 is 1.43 bits per heavy atom. The fraction of sp³-hybridized carbons (Fsp3) is 0.562. The number of nitrogen functional groups attached to an aromatic ring is 1. The summed E-state index contributed by atoms with van der Waals surface area (Å²) in [5.74, 6) is -0.498. The molecule has 0 spiro atoms. The Kier molecular flexibility index (Phi) is 5.17. The summed E-state index contributed by atoms with van der Waals surface area (Å²) >= 11 is 0. The van der Waals surface area contributed by atoms with Gasteiger partial charge in [0, 0.05) is 6.04 Å². The third kappa shape index (κ3) is 3.94. The van der Waals surface area contributed by atoms with Gasteiger partial charge in [0.25, 0.3) is 0 Å². The van der Waals surface area contributed by atoms with Crippen molar-refractivity contribution in [2.24, 2.45) is 0 Å². The second-order valence-corrected chi connectivity index (χ2v) is 5.83. The number of halogens is 1. The van der Waals surface area contributed by atoms with Crippen molar-refractivity contribution in [3.05, 3.63) is 24.0 Å². The van der Waals surface area contributed by atoms with Crippen LogP contribution in [0.2, 0.25) is 0 Å². The zero-order valence-corrected chi connectivity index (χ0v) is 12.7. The molecule has 0 saturated carbocycles. The van der Waals surface area contributed by atoms with Crippen molar-refractivity contribution in [3.8, 4) is 0 Å². The first kappa shape index (κ1) is 15.8. The van der Waals surface area contributed by atoms with Gasteiger partial charge in [-0.2, -0.15) is 0 Å². The highest BCUT2D eigenvalue weighted by Gasteiger charge is 2.26. The van der Waals surface area contributed by atoms with E-state index < -0.39 is 5.82 Å². The van der Waals surface area contributed by atoms with Crippen LogP contribution in [0.5, 0.6) is 0 Å². The highest BCUT2D eigenvalue weighted by molar-refractivity contribution is 5.97. The third-order valence-corrected chi connectivity index (χ3v) is 4.25. The van der Waals surface area contributed by atoms with Gasteiger partial charge in [0.2, 0.25) is 5.91 Å². The molecule has 1 amide bonds. The van der Waals surface area contributed by atoms with Crippen molar-refractivity contribution >= 4 is 17.3 Å². The second kappa shape index (κ2) is 6.89. The van der Waals surface area contributed by atoms with Gasteiger partial charge in [-0.1, -0.05) is 12.8 Å². The molecular weight excluding hydrogens is 269 g/mol. The quantitative estimate of drug-likeness (QED) is 0.842. The largest absolute Gasteiger partial charge is 0.397 e. The standard InChI is InChI=1S/C16H24FN3O/c1-11-6-4-3-5-9-20(11)12(2)16(21)19-15-8-7-13(17)10-14(15)18/h7-8,10-12H,3-6,9,18H2,1-2H3,(H,19,21). The maximum Gasteiger partial charge on any atom is 0.241 e. The molecule has 1 aliphatic rings. The van der Waals surface area contributed by atoms with Crippen molar-refractivity contribution < 1.29 is 9.18 Å². The number of hydrogen-bond acceptors (Lipinski definition) is 3. The van der Waals surface area contributed by atoms with Gasteiger partial charge < -0.3 is 11.1 Å². The van der Waals surface area contributed by atoms with Gasteiger partial charge in [0.15, 0.2) is 0 Å². The topological polar surface area (TPSA) is 58.4 Å². The van der Waals surface area contributed by atoms with Crippen LogP contribution >= 0.6 is 0 Å². The Hall–Kier alpha value is -1.62. The molecule has 0 bridgehead atoms.